The van der Waals surface area contributed by atoms with Crippen molar-refractivity contribution in [2.45, 2.75) is 30.1 Å². The minimum atomic E-state index is -3.84. The first-order valence-electron chi connectivity index (χ1n) is 9.12. The van der Waals surface area contributed by atoms with Crippen LogP contribution >= 0.6 is 0 Å². The van der Waals surface area contributed by atoms with Gasteiger partial charge in [0.15, 0.2) is 0 Å². The number of carbonyl (C=O) groups excluding carboxylic acids is 3. The highest BCUT2D eigenvalue weighted by atomic mass is 32.2. The number of amides is 3. The molecule has 0 radical (unpaired) electrons. The third kappa shape index (κ3) is 6.37. The highest BCUT2D eigenvalue weighted by molar-refractivity contribution is 7.91. The lowest BCUT2D eigenvalue weighted by molar-refractivity contribution is -0.117. The van der Waals surface area contributed by atoms with Crippen molar-refractivity contribution in [1.82, 2.24) is 5.32 Å². The highest BCUT2D eigenvalue weighted by Gasteiger charge is 2.20. The number of nitrogens with one attached hydrogen (secondary N) is 3. The van der Waals surface area contributed by atoms with E-state index in [1.807, 2.05) is 0 Å². The van der Waals surface area contributed by atoms with E-state index in [2.05, 4.69) is 25.7 Å². The molecular weight excluding hydrogens is 424 g/mol. The lowest BCUT2D eigenvalue weighted by Gasteiger charge is -2.16. The topological polar surface area (TPSA) is 143 Å². The Bertz CT molecular complexity index is 1110. The molecule has 0 fully saturated rings. The number of rotatable bonds is 5. The van der Waals surface area contributed by atoms with E-state index >= 15 is 0 Å². The highest BCUT2D eigenvalue weighted by Crippen LogP contribution is 2.29. The van der Waals surface area contributed by atoms with Crippen molar-refractivity contribution in [1.29, 1.82) is 0 Å². The summed E-state index contributed by atoms with van der Waals surface area (Å²) in [7, 11) is -2.70. The van der Waals surface area contributed by atoms with Crippen LogP contribution in [0.2, 0.25) is 0 Å². The Hall–Kier alpha value is -3.73. The molecule has 0 aromatic heterocycles. The van der Waals surface area contributed by atoms with Crippen molar-refractivity contribution >= 4 is 45.1 Å². The Morgan fingerprint density at radius 3 is 2.23 bits per heavy atom. The molecule has 0 atom stereocenters. The number of methoxy groups -OCH3 is 1. The van der Waals surface area contributed by atoms with Crippen molar-refractivity contribution in [2.75, 3.05) is 17.7 Å². The summed E-state index contributed by atoms with van der Waals surface area (Å²) in [6, 6.07) is 11.8. The van der Waals surface area contributed by atoms with Crippen LogP contribution in [0.4, 0.5) is 16.2 Å². The van der Waals surface area contributed by atoms with E-state index in [0.29, 0.717) is 0 Å². The molecule has 0 unspecified atom stereocenters. The molecule has 3 amide bonds. The van der Waals surface area contributed by atoms with Gasteiger partial charge in [0, 0.05) is 13.3 Å². The summed E-state index contributed by atoms with van der Waals surface area (Å²) in [6.45, 7) is 2.85. The monoisotopic (exact) mass is 446 g/mol. The molecule has 0 aliphatic carbocycles. The first-order valence-corrected chi connectivity index (χ1v) is 10.6. The van der Waals surface area contributed by atoms with Crippen molar-refractivity contribution in [3.05, 3.63) is 48.5 Å². The first-order chi connectivity index (χ1) is 14.7. The molecule has 0 heterocycles. The van der Waals surface area contributed by atoms with E-state index in [-0.39, 0.29) is 33.5 Å². The van der Waals surface area contributed by atoms with Crippen LogP contribution in [0.15, 0.2) is 63.3 Å². The number of nitrogens with zero attached hydrogens (tertiary/aromatic N) is 1. The summed E-state index contributed by atoms with van der Waals surface area (Å²) >= 11 is 0. The molecule has 0 aliphatic heterocycles. The Balaban J connectivity index is 2.49. The van der Waals surface area contributed by atoms with E-state index < -0.39 is 27.7 Å². The maximum absolute atomic E-state index is 12.9. The van der Waals surface area contributed by atoms with Gasteiger partial charge in [0.1, 0.15) is 0 Å². The van der Waals surface area contributed by atoms with Gasteiger partial charge < -0.3 is 15.4 Å². The van der Waals surface area contributed by atoms with Crippen LogP contribution in [0.25, 0.3) is 0 Å². The van der Waals surface area contributed by atoms with Gasteiger partial charge in [0.2, 0.25) is 27.6 Å². The fourth-order valence-electron chi connectivity index (χ4n) is 2.39. The van der Waals surface area contributed by atoms with Crippen molar-refractivity contribution < 1.29 is 27.5 Å². The molecule has 164 valence electrons. The minimum absolute atomic E-state index is 0.0583. The molecule has 2 aromatic carbocycles. The Morgan fingerprint density at radius 1 is 0.968 bits per heavy atom. The van der Waals surface area contributed by atoms with Crippen LogP contribution in [-0.4, -0.2) is 39.4 Å². The molecule has 0 aliphatic rings. The molecule has 0 spiro atoms. The fourth-order valence-corrected chi connectivity index (χ4v) is 3.70. The van der Waals surface area contributed by atoms with Gasteiger partial charge in [-0.3, -0.25) is 14.9 Å². The predicted molar refractivity (Wildman–Crippen MR) is 115 cm³/mol. The van der Waals surface area contributed by atoms with Crippen LogP contribution in [0.3, 0.4) is 0 Å². The molecule has 11 heteroatoms. The zero-order chi connectivity index (χ0) is 23.0. The van der Waals surface area contributed by atoms with Gasteiger partial charge >= 0.3 is 6.09 Å². The summed E-state index contributed by atoms with van der Waals surface area (Å²) in [5, 5.41) is 7.49. The number of hydrogen-bond acceptors (Lipinski definition) is 6. The zero-order valence-corrected chi connectivity index (χ0v) is 17.9. The second-order valence-electron chi connectivity index (χ2n) is 6.15. The van der Waals surface area contributed by atoms with E-state index in [0.717, 1.165) is 7.11 Å². The molecule has 3 N–H and O–H groups in total. The SMILES string of the molecule is CCC(=O)/N=C(/NC(=O)OC)Nc1ccc(S(=O)(=O)c2ccccc2)cc1NC(C)=O. The minimum Gasteiger partial charge on any atom is -0.453 e. The van der Waals surface area contributed by atoms with Crippen molar-refractivity contribution in [3.8, 4) is 0 Å². The van der Waals surface area contributed by atoms with Gasteiger partial charge in [-0.15, -0.1) is 0 Å². The fraction of sp³-hybridized carbons (Fsp3) is 0.200. The zero-order valence-electron chi connectivity index (χ0n) is 17.1. The van der Waals surface area contributed by atoms with Gasteiger partial charge in [0.25, 0.3) is 0 Å². The number of carbonyl (C=O) groups is 3. The summed E-state index contributed by atoms with van der Waals surface area (Å²) in [4.78, 5) is 38.7. The molecular formula is C20H22N4O6S. The summed E-state index contributed by atoms with van der Waals surface area (Å²) in [5.41, 5.74) is 0.300. The second kappa shape index (κ2) is 10.3. The number of sulfone groups is 1. The lowest BCUT2D eigenvalue weighted by atomic mass is 10.2. The maximum Gasteiger partial charge on any atom is 0.413 e. The number of guanidine groups is 1. The van der Waals surface area contributed by atoms with Crippen molar-refractivity contribution in [2.24, 2.45) is 4.99 Å². The summed E-state index contributed by atoms with van der Waals surface area (Å²) in [6.07, 6.45) is -0.791. The lowest BCUT2D eigenvalue weighted by Crippen LogP contribution is -2.36. The van der Waals surface area contributed by atoms with E-state index in [9.17, 15) is 22.8 Å². The van der Waals surface area contributed by atoms with Crippen LogP contribution in [0.1, 0.15) is 20.3 Å². The van der Waals surface area contributed by atoms with Gasteiger partial charge in [-0.05, 0) is 30.3 Å². The number of alkyl carbamates (subject to hydrolysis) is 1. The normalized spacial score (nSPS) is 11.4. The molecule has 10 nitrogen and oxygen atoms in total. The largest absolute Gasteiger partial charge is 0.453 e. The van der Waals surface area contributed by atoms with E-state index in [4.69, 9.17) is 0 Å². The second-order valence-corrected chi connectivity index (χ2v) is 8.10. The quantitative estimate of drug-likeness (QED) is 0.473. The van der Waals surface area contributed by atoms with Crippen LogP contribution < -0.4 is 16.0 Å². The number of hydrogen-bond donors (Lipinski definition) is 3. The van der Waals surface area contributed by atoms with Gasteiger partial charge in [-0.1, -0.05) is 25.1 Å². The molecule has 0 saturated heterocycles. The Labute approximate surface area is 179 Å². The number of ether oxygens (including phenoxy) is 1. The van der Waals surface area contributed by atoms with E-state index in [1.165, 1.54) is 37.3 Å². The smallest absolute Gasteiger partial charge is 0.413 e. The predicted octanol–water partition coefficient (Wildman–Crippen LogP) is 2.54. The number of anilines is 2. The Kier molecular flexibility index (Phi) is 7.86. The average Bonchev–Trinajstić information content (AvgIpc) is 2.74. The third-order valence-corrected chi connectivity index (χ3v) is 5.63. The molecule has 2 aromatic rings. The van der Waals surface area contributed by atoms with Gasteiger partial charge in [0.05, 0.1) is 28.3 Å². The number of aliphatic imine (C=N–C) groups is 1. The number of benzene rings is 2. The molecule has 2 rings (SSSR count). The van der Waals surface area contributed by atoms with Gasteiger partial charge in [-0.25, -0.2) is 13.2 Å². The van der Waals surface area contributed by atoms with Gasteiger partial charge in [-0.2, -0.15) is 4.99 Å². The average molecular weight is 446 g/mol. The molecule has 31 heavy (non-hydrogen) atoms. The molecule has 0 bridgehead atoms. The Morgan fingerprint density at radius 2 is 1.65 bits per heavy atom. The van der Waals surface area contributed by atoms with Crippen LogP contribution in [-0.2, 0) is 24.2 Å². The van der Waals surface area contributed by atoms with Crippen LogP contribution in [0, 0.1) is 0 Å². The maximum atomic E-state index is 12.9. The van der Waals surface area contributed by atoms with Crippen LogP contribution in [0.5, 0.6) is 0 Å². The summed E-state index contributed by atoms with van der Waals surface area (Å²) < 4.78 is 30.3. The first kappa shape index (κ1) is 23.5. The molecule has 0 saturated carbocycles. The third-order valence-electron chi connectivity index (χ3n) is 3.86. The van der Waals surface area contributed by atoms with E-state index in [1.54, 1.807) is 25.1 Å². The summed E-state index contributed by atoms with van der Waals surface area (Å²) in [5.74, 6) is -1.23. The van der Waals surface area contributed by atoms with Crippen molar-refractivity contribution in [3.63, 3.8) is 0 Å². The standard InChI is InChI=1S/C20H22N4O6S/c1-4-18(26)23-19(24-20(27)30-3)22-16-11-10-15(12-17(16)21-13(2)25)31(28,29)14-8-6-5-7-9-14/h5-12H,4H2,1-3H3,(H,21,25)(H2,22,23,24,26,27).